The number of nitrogens with one attached hydrogen (secondary N) is 2. The molecule has 0 saturated heterocycles. The van der Waals surface area contributed by atoms with Crippen LogP contribution in [0.5, 0.6) is 0 Å². The van der Waals surface area contributed by atoms with Crippen LogP contribution in [0.1, 0.15) is 5.82 Å². The van der Waals surface area contributed by atoms with Gasteiger partial charge in [-0.2, -0.15) is 0 Å². The van der Waals surface area contributed by atoms with E-state index in [4.69, 9.17) is 28.9 Å². The van der Waals surface area contributed by atoms with E-state index in [1.165, 1.54) is 18.3 Å². The first kappa shape index (κ1) is 14.1. The highest BCUT2D eigenvalue weighted by atomic mass is 35.5. The zero-order chi connectivity index (χ0) is 14.0. The number of rotatable bonds is 4. The van der Waals surface area contributed by atoms with E-state index in [2.05, 4.69) is 14.7 Å². The van der Waals surface area contributed by atoms with Crippen LogP contribution in [0, 0.1) is 0 Å². The highest BCUT2D eigenvalue weighted by molar-refractivity contribution is 7.89. The van der Waals surface area contributed by atoms with Crippen molar-refractivity contribution in [3.05, 3.63) is 40.4 Å². The summed E-state index contributed by atoms with van der Waals surface area (Å²) in [5.74, 6) is 0.478. The second kappa shape index (κ2) is 5.38. The van der Waals surface area contributed by atoms with Crippen LogP contribution in [0.4, 0.5) is 5.69 Å². The topological polar surface area (TPSA) is 101 Å². The van der Waals surface area contributed by atoms with Gasteiger partial charge >= 0.3 is 0 Å². The van der Waals surface area contributed by atoms with E-state index in [0.717, 1.165) is 0 Å². The zero-order valence-corrected chi connectivity index (χ0v) is 11.9. The van der Waals surface area contributed by atoms with Gasteiger partial charge in [0.1, 0.15) is 10.7 Å². The predicted octanol–water partition coefficient (Wildman–Crippen LogP) is 1.78. The quantitative estimate of drug-likeness (QED) is 0.747. The summed E-state index contributed by atoms with van der Waals surface area (Å²) in [5.41, 5.74) is 5.82. The number of sulfonamides is 1. The van der Waals surface area contributed by atoms with Gasteiger partial charge in [-0.15, -0.1) is 0 Å². The average molecular weight is 321 g/mol. The number of halogens is 2. The van der Waals surface area contributed by atoms with Crippen molar-refractivity contribution in [3.63, 3.8) is 0 Å². The second-order valence-electron chi connectivity index (χ2n) is 3.67. The summed E-state index contributed by atoms with van der Waals surface area (Å²) < 4.78 is 26.6. The number of aromatic amines is 1. The summed E-state index contributed by atoms with van der Waals surface area (Å²) >= 11 is 11.7. The molecule has 0 amide bonds. The van der Waals surface area contributed by atoms with Crippen LogP contribution in [-0.4, -0.2) is 18.4 Å². The standard InChI is InChI=1S/C10H10Cl2N4O2S/c11-7-3-6(13)4-8(12)10(7)19(17,18)16-5-9-14-1-2-15-9/h1-4,16H,5,13H2,(H,14,15). The van der Waals surface area contributed by atoms with Crippen molar-refractivity contribution in [2.75, 3.05) is 5.73 Å². The molecule has 0 radical (unpaired) electrons. The van der Waals surface area contributed by atoms with E-state index in [0.29, 0.717) is 11.5 Å². The highest BCUT2D eigenvalue weighted by Gasteiger charge is 2.22. The van der Waals surface area contributed by atoms with Gasteiger partial charge < -0.3 is 10.7 Å². The SMILES string of the molecule is Nc1cc(Cl)c(S(=O)(=O)NCc2ncc[nH]2)c(Cl)c1. The number of nitrogen functional groups attached to an aromatic ring is 1. The van der Waals surface area contributed by atoms with Gasteiger partial charge in [-0.1, -0.05) is 23.2 Å². The van der Waals surface area contributed by atoms with E-state index in [1.807, 2.05) is 0 Å². The third-order valence-electron chi connectivity index (χ3n) is 2.27. The van der Waals surface area contributed by atoms with Crippen LogP contribution < -0.4 is 10.5 Å². The summed E-state index contributed by atoms with van der Waals surface area (Å²) in [5, 5.41) is -0.0612. The first-order valence-electron chi connectivity index (χ1n) is 5.12. The Bertz CT molecular complexity index is 663. The van der Waals surface area contributed by atoms with Crippen molar-refractivity contribution in [2.45, 2.75) is 11.4 Å². The number of imidazole rings is 1. The van der Waals surface area contributed by atoms with Gasteiger partial charge in [0.15, 0.2) is 0 Å². The number of aromatic nitrogens is 2. The van der Waals surface area contributed by atoms with Gasteiger partial charge in [-0.25, -0.2) is 18.1 Å². The molecule has 6 nitrogen and oxygen atoms in total. The third-order valence-corrected chi connectivity index (χ3v) is 4.60. The number of nitrogens with two attached hydrogens (primary N) is 1. The minimum atomic E-state index is -3.84. The smallest absolute Gasteiger partial charge is 0.243 e. The van der Waals surface area contributed by atoms with E-state index in [-0.39, 0.29) is 21.5 Å². The first-order chi connectivity index (χ1) is 8.90. The Hall–Kier alpha value is -1.28. The predicted molar refractivity (Wildman–Crippen MR) is 73.5 cm³/mol. The molecule has 9 heteroatoms. The number of anilines is 1. The summed E-state index contributed by atoms with van der Waals surface area (Å²) in [4.78, 5) is 6.48. The third kappa shape index (κ3) is 3.19. The molecule has 19 heavy (non-hydrogen) atoms. The summed E-state index contributed by atoms with van der Waals surface area (Å²) in [6.45, 7) is 0.00632. The van der Waals surface area contributed by atoms with E-state index in [9.17, 15) is 8.42 Å². The van der Waals surface area contributed by atoms with Crippen LogP contribution in [0.3, 0.4) is 0 Å². The Labute approximate surface area is 120 Å². The van der Waals surface area contributed by atoms with Crippen LogP contribution in [0.2, 0.25) is 10.0 Å². The normalized spacial score (nSPS) is 11.7. The lowest BCUT2D eigenvalue weighted by Gasteiger charge is -2.10. The van der Waals surface area contributed by atoms with E-state index < -0.39 is 10.0 Å². The van der Waals surface area contributed by atoms with Gasteiger partial charge in [0.25, 0.3) is 0 Å². The van der Waals surface area contributed by atoms with Crippen LogP contribution in [0.25, 0.3) is 0 Å². The Kier molecular flexibility index (Phi) is 4.00. The summed E-state index contributed by atoms with van der Waals surface area (Å²) in [6.07, 6.45) is 3.11. The Morgan fingerprint density at radius 1 is 1.32 bits per heavy atom. The van der Waals surface area contributed by atoms with Crippen LogP contribution in [0.15, 0.2) is 29.4 Å². The Morgan fingerprint density at radius 3 is 2.47 bits per heavy atom. The number of hydrogen-bond donors (Lipinski definition) is 3. The molecule has 0 spiro atoms. The van der Waals surface area contributed by atoms with Gasteiger partial charge in [-0.3, -0.25) is 0 Å². The van der Waals surface area contributed by atoms with Crippen molar-refractivity contribution >= 4 is 38.9 Å². The summed E-state index contributed by atoms with van der Waals surface area (Å²) in [7, 11) is -3.84. The van der Waals surface area contributed by atoms with Crippen molar-refractivity contribution < 1.29 is 8.42 Å². The van der Waals surface area contributed by atoms with Gasteiger partial charge in [-0.05, 0) is 12.1 Å². The van der Waals surface area contributed by atoms with E-state index in [1.54, 1.807) is 6.20 Å². The zero-order valence-electron chi connectivity index (χ0n) is 9.52. The molecule has 0 bridgehead atoms. The fourth-order valence-corrected chi connectivity index (χ4v) is 3.68. The minimum absolute atomic E-state index is 0.00632. The molecule has 1 heterocycles. The fourth-order valence-electron chi connectivity index (χ4n) is 1.47. The fraction of sp³-hybridized carbons (Fsp3) is 0.100. The molecular weight excluding hydrogens is 311 g/mol. The molecule has 0 saturated carbocycles. The molecule has 2 rings (SSSR count). The lowest BCUT2D eigenvalue weighted by atomic mass is 10.3. The molecule has 0 aliphatic rings. The summed E-state index contributed by atoms with van der Waals surface area (Å²) in [6, 6.07) is 2.66. The average Bonchev–Trinajstić information content (AvgIpc) is 2.77. The molecule has 0 aliphatic carbocycles. The largest absolute Gasteiger partial charge is 0.399 e. The molecule has 1 aromatic heterocycles. The van der Waals surface area contributed by atoms with Gasteiger partial charge in [0.05, 0.1) is 16.6 Å². The highest BCUT2D eigenvalue weighted by Crippen LogP contribution is 2.31. The molecule has 102 valence electrons. The van der Waals surface area contributed by atoms with Crippen molar-refractivity contribution in [1.29, 1.82) is 0 Å². The number of nitrogens with zero attached hydrogens (tertiary/aromatic N) is 1. The molecule has 2 aromatic rings. The van der Waals surface area contributed by atoms with E-state index >= 15 is 0 Å². The molecule has 1 aromatic carbocycles. The maximum absolute atomic E-state index is 12.1. The van der Waals surface area contributed by atoms with Crippen molar-refractivity contribution in [2.24, 2.45) is 0 Å². The van der Waals surface area contributed by atoms with Gasteiger partial charge in [0.2, 0.25) is 10.0 Å². The van der Waals surface area contributed by atoms with Crippen molar-refractivity contribution in [1.82, 2.24) is 14.7 Å². The number of H-pyrrole nitrogens is 1. The van der Waals surface area contributed by atoms with Crippen LogP contribution in [-0.2, 0) is 16.6 Å². The Morgan fingerprint density at radius 2 is 1.95 bits per heavy atom. The lowest BCUT2D eigenvalue weighted by Crippen LogP contribution is -2.24. The lowest BCUT2D eigenvalue weighted by molar-refractivity contribution is 0.580. The molecule has 0 fully saturated rings. The molecule has 0 aliphatic heterocycles. The van der Waals surface area contributed by atoms with Gasteiger partial charge in [0, 0.05) is 18.1 Å². The molecule has 4 N–H and O–H groups in total. The van der Waals surface area contributed by atoms with Crippen LogP contribution >= 0.6 is 23.2 Å². The first-order valence-corrected chi connectivity index (χ1v) is 7.36. The Balaban J connectivity index is 2.29. The number of benzene rings is 1. The molecular formula is C10H10Cl2N4O2S. The van der Waals surface area contributed by atoms with Crippen molar-refractivity contribution in [3.8, 4) is 0 Å². The maximum Gasteiger partial charge on any atom is 0.243 e. The number of hydrogen-bond acceptors (Lipinski definition) is 4. The minimum Gasteiger partial charge on any atom is -0.399 e. The second-order valence-corrected chi connectivity index (χ2v) is 6.19. The molecule has 0 atom stereocenters. The monoisotopic (exact) mass is 320 g/mol. The maximum atomic E-state index is 12.1. The molecule has 0 unspecified atom stereocenters.